The molecule has 1 fully saturated rings. The maximum absolute atomic E-state index is 11.5. The van der Waals surface area contributed by atoms with Gasteiger partial charge in [0.1, 0.15) is 5.60 Å². The van der Waals surface area contributed by atoms with Gasteiger partial charge < -0.3 is 10.1 Å². The van der Waals surface area contributed by atoms with Crippen LogP contribution in [0.25, 0.3) is 4.85 Å². The largest absolute Gasteiger partial charge is 0.728 e. The van der Waals surface area contributed by atoms with Gasteiger partial charge in [0.25, 0.3) is 6.07 Å². The Morgan fingerprint density at radius 2 is 1.82 bits per heavy atom. The van der Waals surface area contributed by atoms with Gasteiger partial charge in [0.05, 0.1) is 10.8 Å². The third-order valence-corrected chi connectivity index (χ3v) is 3.60. The summed E-state index contributed by atoms with van der Waals surface area (Å²) in [5, 5.41) is 3.55. The molecule has 0 heterocycles. The average molecular weight is 301 g/mol. The lowest BCUT2D eigenvalue weighted by Gasteiger charge is -2.25. The van der Waals surface area contributed by atoms with E-state index >= 15 is 0 Å². The third kappa shape index (κ3) is 5.77. The number of benzene rings is 1. The van der Waals surface area contributed by atoms with Crippen molar-refractivity contribution in [3.8, 4) is 6.07 Å². The molecule has 1 aliphatic carbocycles. The Kier molecular flexibility index (Phi) is 5.43. The summed E-state index contributed by atoms with van der Waals surface area (Å²) in [6.45, 7) is 5.50. The molecule has 4 nitrogen and oxygen atoms in total. The lowest BCUT2D eigenvalue weighted by atomic mass is 9.87. The van der Waals surface area contributed by atoms with E-state index in [4.69, 9.17) is 4.74 Å². The van der Waals surface area contributed by atoms with Gasteiger partial charge in [-0.05, 0) is 58.6 Å². The van der Waals surface area contributed by atoms with Crippen molar-refractivity contribution in [3.05, 3.63) is 35.2 Å². The minimum absolute atomic E-state index is 0.251. The molecule has 0 bridgehead atoms. The SMILES string of the molecule is CC(C)(C)OC(=O)[N+]#CC1CCC(Nc2ccccc2)CC1. The van der Waals surface area contributed by atoms with Crippen LogP contribution in [0.2, 0.25) is 0 Å². The summed E-state index contributed by atoms with van der Waals surface area (Å²) < 4.78 is 5.15. The molecule has 0 radical (unpaired) electrons. The maximum Gasteiger partial charge on any atom is 0.728 e. The smallest absolute Gasteiger partial charge is 0.392 e. The van der Waals surface area contributed by atoms with Gasteiger partial charge in [-0.1, -0.05) is 18.2 Å². The van der Waals surface area contributed by atoms with Crippen molar-refractivity contribution in [2.75, 3.05) is 5.32 Å². The molecule has 0 saturated heterocycles. The quantitative estimate of drug-likeness (QED) is 0.842. The zero-order valence-corrected chi connectivity index (χ0v) is 13.6. The molecule has 4 heteroatoms. The minimum Gasteiger partial charge on any atom is -0.392 e. The number of para-hydroxylation sites is 1. The van der Waals surface area contributed by atoms with E-state index in [1.54, 1.807) is 0 Å². The van der Waals surface area contributed by atoms with Crippen LogP contribution in [-0.4, -0.2) is 17.7 Å². The minimum atomic E-state index is -0.544. The number of anilines is 1. The van der Waals surface area contributed by atoms with Gasteiger partial charge in [-0.15, -0.1) is 0 Å². The predicted octanol–water partition coefficient (Wildman–Crippen LogP) is 4.93. The molecular weight excluding hydrogens is 276 g/mol. The fourth-order valence-corrected chi connectivity index (χ4v) is 2.57. The summed E-state index contributed by atoms with van der Waals surface area (Å²) in [4.78, 5) is 15.4. The van der Waals surface area contributed by atoms with Gasteiger partial charge in [0.2, 0.25) is 0 Å². The highest BCUT2D eigenvalue weighted by Crippen LogP contribution is 2.26. The molecule has 1 saturated carbocycles. The fraction of sp³-hybridized carbons (Fsp3) is 0.556. The number of hydrogen-bond donors (Lipinski definition) is 1. The van der Waals surface area contributed by atoms with Crippen LogP contribution in [0.15, 0.2) is 30.3 Å². The van der Waals surface area contributed by atoms with Gasteiger partial charge in [-0.25, -0.2) is 0 Å². The maximum atomic E-state index is 11.5. The molecule has 2 rings (SSSR count). The van der Waals surface area contributed by atoms with Crippen LogP contribution >= 0.6 is 0 Å². The monoisotopic (exact) mass is 301 g/mol. The summed E-state index contributed by atoms with van der Waals surface area (Å²) in [6, 6.07) is 13.7. The van der Waals surface area contributed by atoms with Crippen LogP contribution in [0.3, 0.4) is 0 Å². The van der Waals surface area contributed by atoms with Gasteiger partial charge in [-0.2, -0.15) is 4.79 Å². The predicted molar refractivity (Wildman–Crippen MR) is 89.3 cm³/mol. The lowest BCUT2D eigenvalue weighted by molar-refractivity contribution is 0.0664. The first-order chi connectivity index (χ1) is 10.4. The number of carbonyl (C=O) groups is 1. The van der Waals surface area contributed by atoms with Crippen molar-refractivity contribution >= 4 is 11.8 Å². The highest BCUT2D eigenvalue weighted by Gasteiger charge is 2.27. The molecular formula is C18H25N2O2+. The number of amides is 1. The summed E-state index contributed by atoms with van der Waals surface area (Å²) >= 11 is 0. The van der Waals surface area contributed by atoms with E-state index in [0.29, 0.717) is 6.04 Å². The summed E-state index contributed by atoms with van der Waals surface area (Å²) in [7, 11) is 0. The van der Waals surface area contributed by atoms with E-state index in [-0.39, 0.29) is 5.92 Å². The van der Waals surface area contributed by atoms with Crippen molar-refractivity contribution in [1.29, 1.82) is 0 Å². The fourth-order valence-electron chi connectivity index (χ4n) is 2.57. The molecule has 0 unspecified atom stereocenters. The Hall–Kier alpha value is -2.02. The Bertz CT molecular complexity index is 544. The third-order valence-electron chi connectivity index (χ3n) is 3.60. The van der Waals surface area contributed by atoms with E-state index in [0.717, 1.165) is 31.4 Å². The first-order valence-corrected chi connectivity index (χ1v) is 7.93. The van der Waals surface area contributed by atoms with Crippen molar-refractivity contribution in [1.82, 2.24) is 0 Å². The zero-order valence-electron chi connectivity index (χ0n) is 13.6. The number of nitrogens with zero attached hydrogens (tertiary/aromatic N) is 1. The molecule has 1 amide bonds. The molecule has 118 valence electrons. The van der Waals surface area contributed by atoms with Crippen molar-refractivity contribution in [3.63, 3.8) is 0 Å². The van der Waals surface area contributed by atoms with Crippen LogP contribution in [-0.2, 0) is 4.74 Å². The highest BCUT2D eigenvalue weighted by atomic mass is 16.6. The Morgan fingerprint density at radius 1 is 1.18 bits per heavy atom. The highest BCUT2D eigenvalue weighted by molar-refractivity contribution is 5.79. The molecule has 0 aromatic heterocycles. The topological polar surface area (TPSA) is 42.7 Å². The van der Waals surface area contributed by atoms with Crippen LogP contribution in [0, 0.1) is 12.0 Å². The molecule has 0 spiro atoms. The number of rotatable bonds is 2. The van der Waals surface area contributed by atoms with Gasteiger partial charge in [-0.3, -0.25) is 0 Å². The molecule has 1 N–H and O–H groups in total. The Labute approximate surface area is 132 Å². The molecule has 22 heavy (non-hydrogen) atoms. The van der Waals surface area contributed by atoms with Gasteiger partial charge >= 0.3 is 6.09 Å². The molecule has 0 aliphatic heterocycles. The Balaban J connectivity index is 1.77. The second-order valence-electron chi connectivity index (χ2n) is 6.78. The van der Waals surface area contributed by atoms with E-state index in [1.165, 1.54) is 0 Å². The zero-order chi connectivity index (χ0) is 16.0. The molecule has 1 aromatic rings. The molecule has 0 atom stereocenters. The van der Waals surface area contributed by atoms with Crippen LogP contribution in [0.4, 0.5) is 10.5 Å². The van der Waals surface area contributed by atoms with Crippen LogP contribution in [0.1, 0.15) is 46.5 Å². The van der Waals surface area contributed by atoms with Crippen molar-refractivity contribution < 1.29 is 9.53 Å². The van der Waals surface area contributed by atoms with E-state index in [1.807, 2.05) is 39.0 Å². The van der Waals surface area contributed by atoms with E-state index < -0.39 is 11.7 Å². The van der Waals surface area contributed by atoms with Gasteiger partial charge in [0.15, 0.2) is 0 Å². The van der Waals surface area contributed by atoms with Crippen LogP contribution < -0.4 is 5.32 Å². The first kappa shape index (κ1) is 16.4. The Morgan fingerprint density at radius 3 is 2.41 bits per heavy atom. The average Bonchev–Trinajstić information content (AvgIpc) is 2.46. The van der Waals surface area contributed by atoms with Crippen molar-refractivity contribution in [2.24, 2.45) is 5.92 Å². The molecule has 1 aromatic carbocycles. The number of hydrogen-bond acceptors (Lipinski definition) is 3. The lowest BCUT2D eigenvalue weighted by Crippen LogP contribution is -2.25. The summed E-state index contributed by atoms with van der Waals surface area (Å²) in [5.41, 5.74) is 0.664. The second kappa shape index (κ2) is 7.31. The van der Waals surface area contributed by atoms with Gasteiger partial charge in [0, 0.05) is 11.7 Å². The summed E-state index contributed by atoms with van der Waals surface area (Å²) in [5.74, 6) is 0.251. The first-order valence-electron chi connectivity index (χ1n) is 7.93. The number of ether oxygens (including phenoxy) is 1. The van der Waals surface area contributed by atoms with E-state index in [9.17, 15) is 4.79 Å². The number of carbonyl (C=O) groups excluding carboxylic acids is 1. The standard InChI is InChI=1S/C18H25N2O2/c1-18(2,3)22-17(21)19-13-14-9-11-16(12-10-14)20-15-7-5-4-6-8-15/h4-8,14,16,20H,9-12H2,1-3H3/q+1. The van der Waals surface area contributed by atoms with Crippen molar-refractivity contribution in [2.45, 2.75) is 58.1 Å². The number of nitrogens with one attached hydrogen (secondary N) is 1. The second-order valence-corrected chi connectivity index (χ2v) is 6.78. The normalized spacial score (nSPS) is 21.4. The van der Waals surface area contributed by atoms with Crippen LogP contribution in [0.5, 0.6) is 0 Å². The molecule has 1 aliphatic rings. The summed E-state index contributed by atoms with van der Waals surface area (Å²) in [6.07, 6.45) is 3.58. The van der Waals surface area contributed by atoms with E-state index in [2.05, 4.69) is 28.4 Å².